The van der Waals surface area contributed by atoms with Crippen LogP contribution in [0.5, 0.6) is 17.2 Å². The van der Waals surface area contributed by atoms with Gasteiger partial charge in [0.15, 0.2) is 5.75 Å². The molecule has 3 aromatic rings. The van der Waals surface area contributed by atoms with E-state index in [4.69, 9.17) is 14.2 Å². The summed E-state index contributed by atoms with van der Waals surface area (Å²) in [5.74, 6) is 1.95. The number of hydrogen-bond acceptors (Lipinski definition) is 4. The van der Waals surface area contributed by atoms with Crippen LogP contribution < -0.4 is 14.4 Å². The Hall–Kier alpha value is -3.47. The van der Waals surface area contributed by atoms with E-state index < -0.39 is 6.09 Å². The number of methoxy groups -OCH3 is 2. The minimum Gasteiger partial charge on any atom is -0.496 e. The van der Waals surface area contributed by atoms with Crippen LogP contribution in [0.15, 0.2) is 78.9 Å². The first-order valence-electron chi connectivity index (χ1n) is 8.52. The highest BCUT2D eigenvalue weighted by Gasteiger charge is 2.22. The molecule has 0 aliphatic carbocycles. The van der Waals surface area contributed by atoms with Gasteiger partial charge in [0.2, 0.25) is 0 Å². The van der Waals surface area contributed by atoms with E-state index in [1.165, 1.54) is 12.0 Å². The van der Waals surface area contributed by atoms with Gasteiger partial charge >= 0.3 is 6.09 Å². The van der Waals surface area contributed by atoms with Crippen LogP contribution in [0.2, 0.25) is 0 Å². The number of rotatable bonds is 6. The van der Waals surface area contributed by atoms with Crippen molar-refractivity contribution >= 4 is 11.8 Å². The minimum atomic E-state index is -0.481. The lowest BCUT2D eigenvalue weighted by atomic mass is 10.1. The summed E-state index contributed by atoms with van der Waals surface area (Å²) in [6.07, 6.45) is -0.481. The molecule has 5 nitrogen and oxygen atoms in total. The average molecular weight is 363 g/mol. The van der Waals surface area contributed by atoms with E-state index in [1.54, 1.807) is 7.11 Å². The fourth-order valence-electron chi connectivity index (χ4n) is 2.74. The van der Waals surface area contributed by atoms with E-state index in [0.29, 0.717) is 22.9 Å². The molecule has 27 heavy (non-hydrogen) atoms. The Balaban J connectivity index is 1.97. The zero-order valence-electron chi connectivity index (χ0n) is 15.3. The van der Waals surface area contributed by atoms with Gasteiger partial charge in [0.1, 0.15) is 11.5 Å². The SMILES string of the molecule is COC(=O)N(Cc1ccccc1OC)c1ccccc1Oc1ccccc1. The minimum absolute atomic E-state index is 0.284. The second-order valence-electron chi connectivity index (χ2n) is 5.75. The van der Waals surface area contributed by atoms with Crippen molar-refractivity contribution in [2.45, 2.75) is 6.54 Å². The number of hydrogen-bond donors (Lipinski definition) is 0. The summed E-state index contributed by atoms with van der Waals surface area (Å²) in [7, 11) is 2.96. The van der Waals surface area contributed by atoms with Crippen molar-refractivity contribution in [3.05, 3.63) is 84.4 Å². The highest BCUT2D eigenvalue weighted by atomic mass is 16.5. The molecular formula is C22H21NO4. The normalized spacial score (nSPS) is 10.1. The van der Waals surface area contributed by atoms with E-state index in [9.17, 15) is 4.79 Å². The Labute approximate surface area is 158 Å². The second kappa shape index (κ2) is 8.76. The summed E-state index contributed by atoms with van der Waals surface area (Å²) in [5.41, 5.74) is 1.47. The topological polar surface area (TPSA) is 48.0 Å². The van der Waals surface area contributed by atoms with Gasteiger partial charge in [-0.1, -0.05) is 48.5 Å². The number of carbonyl (C=O) groups excluding carboxylic acids is 1. The summed E-state index contributed by atoms with van der Waals surface area (Å²) in [5, 5.41) is 0. The molecule has 0 saturated heterocycles. The van der Waals surface area contributed by atoms with Crippen molar-refractivity contribution in [2.75, 3.05) is 19.1 Å². The first-order chi connectivity index (χ1) is 13.2. The number of anilines is 1. The van der Waals surface area contributed by atoms with Crippen LogP contribution in [0.25, 0.3) is 0 Å². The number of nitrogens with zero attached hydrogens (tertiary/aromatic N) is 1. The van der Waals surface area contributed by atoms with E-state index >= 15 is 0 Å². The molecule has 0 aromatic heterocycles. The Bertz CT molecular complexity index is 896. The van der Waals surface area contributed by atoms with Crippen molar-refractivity contribution < 1.29 is 19.0 Å². The van der Waals surface area contributed by atoms with Gasteiger partial charge < -0.3 is 14.2 Å². The van der Waals surface area contributed by atoms with Crippen molar-refractivity contribution in [3.8, 4) is 17.2 Å². The monoisotopic (exact) mass is 363 g/mol. The molecule has 0 bridgehead atoms. The number of amides is 1. The highest BCUT2D eigenvalue weighted by Crippen LogP contribution is 2.34. The number of benzene rings is 3. The molecule has 0 aliphatic rings. The molecule has 0 atom stereocenters. The van der Waals surface area contributed by atoms with Crippen molar-refractivity contribution in [3.63, 3.8) is 0 Å². The molecule has 3 rings (SSSR count). The Morgan fingerprint density at radius 3 is 2.15 bits per heavy atom. The van der Waals surface area contributed by atoms with Gasteiger partial charge in [-0.15, -0.1) is 0 Å². The smallest absolute Gasteiger partial charge is 0.414 e. The summed E-state index contributed by atoms with van der Waals surface area (Å²) in [6.45, 7) is 0.284. The molecule has 138 valence electrons. The van der Waals surface area contributed by atoms with Crippen LogP contribution in [0.3, 0.4) is 0 Å². The second-order valence-corrected chi connectivity index (χ2v) is 5.75. The van der Waals surface area contributed by atoms with E-state index in [0.717, 1.165) is 5.56 Å². The van der Waals surface area contributed by atoms with E-state index in [-0.39, 0.29) is 6.54 Å². The van der Waals surface area contributed by atoms with Crippen LogP contribution in [0.4, 0.5) is 10.5 Å². The van der Waals surface area contributed by atoms with Gasteiger partial charge in [-0.25, -0.2) is 4.79 Å². The Kier molecular flexibility index (Phi) is 5.94. The lowest BCUT2D eigenvalue weighted by Crippen LogP contribution is -2.30. The first kappa shape index (κ1) is 18.3. The standard InChI is InChI=1S/C22H21NO4/c1-25-20-14-8-6-10-17(20)16-23(22(24)26-2)19-13-7-9-15-21(19)27-18-11-4-3-5-12-18/h3-15H,16H2,1-2H3. The lowest BCUT2D eigenvalue weighted by Gasteiger charge is -2.24. The predicted molar refractivity (Wildman–Crippen MR) is 105 cm³/mol. The summed E-state index contributed by atoms with van der Waals surface area (Å²) in [6, 6.07) is 24.3. The predicted octanol–water partition coefficient (Wildman–Crippen LogP) is 5.26. The number of para-hydroxylation sites is 4. The summed E-state index contributed by atoms with van der Waals surface area (Å²) >= 11 is 0. The van der Waals surface area contributed by atoms with Crippen LogP contribution in [-0.4, -0.2) is 20.3 Å². The fourth-order valence-corrected chi connectivity index (χ4v) is 2.74. The Morgan fingerprint density at radius 2 is 1.44 bits per heavy atom. The summed E-state index contributed by atoms with van der Waals surface area (Å²) < 4.78 is 16.4. The highest BCUT2D eigenvalue weighted by molar-refractivity contribution is 5.89. The molecule has 5 heteroatoms. The van der Waals surface area contributed by atoms with Gasteiger partial charge in [-0.2, -0.15) is 0 Å². The molecule has 0 aliphatic heterocycles. The van der Waals surface area contributed by atoms with Crippen molar-refractivity contribution in [1.82, 2.24) is 0 Å². The van der Waals surface area contributed by atoms with Gasteiger partial charge in [-0.3, -0.25) is 4.90 Å². The molecule has 3 aromatic carbocycles. The third kappa shape index (κ3) is 4.39. The van der Waals surface area contributed by atoms with Crippen LogP contribution in [-0.2, 0) is 11.3 Å². The molecule has 0 heterocycles. The van der Waals surface area contributed by atoms with Crippen LogP contribution >= 0.6 is 0 Å². The van der Waals surface area contributed by atoms with E-state index in [1.807, 2.05) is 78.9 Å². The lowest BCUT2D eigenvalue weighted by molar-refractivity contribution is 0.178. The van der Waals surface area contributed by atoms with Gasteiger partial charge in [0.05, 0.1) is 26.5 Å². The van der Waals surface area contributed by atoms with Crippen molar-refractivity contribution in [1.29, 1.82) is 0 Å². The van der Waals surface area contributed by atoms with Gasteiger partial charge in [-0.05, 0) is 30.3 Å². The molecule has 0 radical (unpaired) electrons. The van der Waals surface area contributed by atoms with Crippen molar-refractivity contribution in [2.24, 2.45) is 0 Å². The molecule has 0 spiro atoms. The summed E-state index contributed by atoms with van der Waals surface area (Å²) in [4.78, 5) is 14.1. The third-order valence-electron chi connectivity index (χ3n) is 4.04. The maximum Gasteiger partial charge on any atom is 0.414 e. The zero-order valence-corrected chi connectivity index (χ0v) is 15.3. The van der Waals surface area contributed by atoms with Gasteiger partial charge in [0.25, 0.3) is 0 Å². The molecule has 0 fully saturated rings. The Morgan fingerprint density at radius 1 is 0.815 bits per heavy atom. The molecule has 0 saturated carbocycles. The molecule has 1 amide bonds. The fraction of sp³-hybridized carbons (Fsp3) is 0.136. The number of carbonyl (C=O) groups is 1. The molecule has 0 N–H and O–H groups in total. The maximum absolute atomic E-state index is 12.5. The maximum atomic E-state index is 12.5. The third-order valence-corrected chi connectivity index (χ3v) is 4.04. The zero-order chi connectivity index (χ0) is 19.1. The van der Waals surface area contributed by atoms with Crippen LogP contribution in [0.1, 0.15) is 5.56 Å². The molecular weight excluding hydrogens is 342 g/mol. The van der Waals surface area contributed by atoms with Gasteiger partial charge in [0, 0.05) is 5.56 Å². The average Bonchev–Trinajstić information content (AvgIpc) is 2.73. The quantitative estimate of drug-likeness (QED) is 0.599. The molecule has 0 unspecified atom stereocenters. The van der Waals surface area contributed by atoms with E-state index in [2.05, 4.69) is 0 Å². The first-order valence-corrected chi connectivity index (χ1v) is 8.52. The largest absolute Gasteiger partial charge is 0.496 e. The van der Waals surface area contributed by atoms with Crippen LogP contribution in [0, 0.1) is 0 Å². The number of ether oxygens (including phenoxy) is 3.